The lowest BCUT2D eigenvalue weighted by atomic mass is 10.1. The van der Waals surface area contributed by atoms with Crippen LogP contribution in [-0.2, 0) is 27.5 Å². The Morgan fingerprint density at radius 3 is 1.98 bits per heavy atom. The standard InChI is InChI=1S/C25H28N4O10S/c1-16(30)40-21-11-22(27(12-21)25(33)39-15-18-5-9-20(10-6-18)29(36)37)23(31)13-26(2)24(32)38-14-17-3-7-19(8-4-17)28(34)35/h3-10,21-23,31H,11-15H2,1-2H3/t21-,22-,23-/m0/s1. The van der Waals surface area contributed by atoms with Crippen LogP contribution in [0, 0.1) is 20.2 Å². The number of thioether (sulfide) groups is 1. The summed E-state index contributed by atoms with van der Waals surface area (Å²) >= 11 is 1.05. The molecule has 3 rings (SSSR count). The van der Waals surface area contributed by atoms with Gasteiger partial charge in [0, 0.05) is 50.0 Å². The van der Waals surface area contributed by atoms with Gasteiger partial charge in [0.2, 0.25) is 0 Å². The highest BCUT2D eigenvalue weighted by Gasteiger charge is 2.41. The molecule has 2 aromatic carbocycles. The Labute approximate surface area is 233 Å². The Kier molecular flexibility index (Phi) is 10.4. The maximum atomic E-state index is 12.9. The molecule has 0 aliphatic carbocycles. The molecule has 1 aliphatic rings. The van der Waals surface area contributed by atoms with Gasteiger partial charge in [0.25, 0.3) is 11.4 Å². The van der Waals surface area contributed by atoms with E-state index in [1.54, 1.807) is 0 Å². The molecule has 2 aromatic rings. The molecule has 0 aromatic heterocycles. The quantitative estimate of drug-likeness (QED) is 0.323. The number of likely N-dealkylation sites (tertiary alicyclic amines) is 1. The molecule has 3 atom stereocenters. The van der Waals surface area contributed by atoms with Crippen LogP contribution in [0.25, 0.3) is 0 Å². The molecule has 1 N–H and O–H groups in total. The van der Waals surface area contributed by atoms with E-state index < -0.39 is 34.2 Å². The van der Waals surface area contributed by atoms with Gasteiger partial charge >= 0.3 is 12.2 Å². The minimum absolute atomic E-state index is 0.0936. The number of hydrogen-bond donors (Lipinski definition) is 1. The van der Waals surface area contributed by atoms with Crippen molar-refractivity contribution >= 4 is 40.4 Å². The SMILES string of the molecule is CC(=O)S[C@H]1C[C@@H]([C@@H](O)CN(C)C(=O)OCc2ccc([N+](=O)[O-])cc2)N(C(=O)OCc2ccc([N+](=O)[O-])cc2)C1. The van der Waals surface area contributed by atoms with Crippen LogP contribution in [0.5, 0.6) is 0 Å². The van der Waals surface area contributed by atoms with Crippen LogP contribution in [0.3, 0.4) is 0 Å². The fourth-order valence-corrected chi connectivity index (χ4v) is 5.11. The third kappa shape index (κ3) is 8.38. The van der Waals surface area contributed by atoms with E-state index in [0.717, 1.165) is 16.7 Å². The Hall–Kier alpha value is -4.24. The highest BCUT2D eigenvalue weighted by Crippen LogP contribution is 2.31. The number of carbonyl (C=O) groups excluding carboxylic acids is 3. The molecule has 40 heavy (non-hydrogen) atoms. The highest BCUT2D eigenvalue weighted by atomic mass is 32.2. The van der Waals surface area contributed by atoms with Crippen molar-refractivity contribution in [3.05, 3.63) is 79.9 Å². The van der Waals surface area contributed by atoms with E-state index >= 15 is 0 Å². The summed E-state index contributed by atoms with van der Waals surface area (Å²) in [5.74, 6) is 0. The topological polar surface area (TPSA) is 183 Å². The second-order valence-corrected chi connectivity index (χ2v) is 10.6. The van der Waals surface area contributed by atoms with Gasteiger partial charge in [-0.1, -0.05) is 11.8 Å². The summed E-state index contributed by atoms with van der Waals surface area (Å²) in [5.41, 5.74) is 0.872. The van der Waals surface area contributed by atoms with Crippen LogP contribution in [-0.4, -0.2) is 79.6 Å². The third-order valence-electron chi connectivity index (χ3n) is 6.11. The summed E-state index contributed by atoms with van der Waals surface area (Å²) in [5, 5.41) is 32.1. The average molecular weight is 577 g/mol. The lowest BCUT2D eigenvalue weighted by molar-refractivity contribution is -0.385. The van der Waals surface area contributed by atoms with Gasteiger partial charge in [-0.25, -0.2) is 9.59 Å². The summed E-state index contributed by atoms with van der Waals surface area (Å²) in [6.45, 7) is 1.06. The number of carbonyl (C=O) groups is 3. The van der Waals surface area contributed by atoms with Crippen LogP contribution in [0.2, 0.25) is 0 Å². The van der Waals surface area contributed by atoms with Gasteiger partial charge in [-0.15, -0.1) is 0 Å². The number of rotatable bonds is 10. The molecule has 0 unspecified atom stereocenters. The van der Waals surface area contributed by atoms with Gasteiger partial charge in [-0.3, -0.25) is 25.0 Å². The lowest BCUT2D eigenvalue weighted by Gasteiger charge is -2.30. The summed E-state index contributed by atoms with van der Waals surface area (Å²) in [6.07, 6.45) is -2.40. The number of hydrogen-bond acceptors (Lipinski definition) is 11. The van der Waals surface area contributed by atoms with Crippen molar-refractivity contribution in [1.29, 1.82) is 0 Å². The highest BCUT2D eigenvalue weighted by molar-refractivity contribution is 8.14. The zero-order chi connectivity index (χ0) is 29.4. The molecule has 1 aliphatic heterocycles. The van der Waals surface area contributed by atoms with E-state index in [4.69, 9.17) is 9.47 Å². The summed E-state index contributed by atoms with van der Waals surface area (Å²) in [7, 11) is 1.41. The van der Waals surface area contributed by atoms with Crippen molar-refractivity contribution in [1.82, 2.24) is 9.80 Å². The summed E-state index contributed by atoms with van der Waals surface area (Å²) in [6, 6.07) is 10.3. The number of nitro groups is 2. The molecule has 14 nitrogen and oxygen atoms in total. The zero-order valence-electron chi connectivity index (χ0n) is 21.7. The maximum absolute atomic E-state index is 12.9. The van der Waals surface area contributed by atoms with Crippen LogP contribution < -0.4 is 0 Å². The fraction of sp³-hybridized carbons (Fsp3) is 0.400. The first-order valence-corrected chi connectivity index (χ1v) is 13.0. The van der Waals surface area contributed by atoms with E-state index in [-0.39, 0.29) is 54.5 Å². The molecule has 1 fully saturated rings. The first-order chi connectivity index (χ1) is 18.9. The Morgan fingerprint density at radius 2 is 1.50 bits per heavy atom. The Morgan fingerprint density at radius 1 is 1.00 bits per heavy atom. The van der Waals surface area contributed by atoms with Gasteiger partial charge in [-0.05, 0) is 41.8 Å². The number of aliphatic hydroxyl groups is 1. The Bertz CT molecular complexity index is 1240. The first kappa shape index (κ1) is 30.3. The second-order valence-electron chi connectivity index (χ2n) is 9.09. The minimum Gasteiger partial charge on any atom is -0.445 e. The van der Waals surface area contributed by atoms with Crippen molar-refractivity contribution in [2.75, 3.05) is 20.1 Å². The van der Waals surface area contributed by atoms with E-state index in [2.05, 4.69) is 0 Å². The number of aliphatic hydroxyl groups excluding tert-OH is 1. The van der Waals surface area contributed by atoms with Gasteiger partial charge in [0.1, 0.15) is 13.2 Å². The van der Waals surface area contributed by atoms with E-state index in [1.807, 2.05) is 0 Å². The third-order valence-corrected chi connectivity index (χ3v) is 7.11. The van der Waals surface area contributed by atoms with Gasteiger partial charge < -0.3 is 24.4 Å². The van der Waals surface area contributed by atoms with Crippen molar-refractivity contribution < 1.29 is 38.8 Å². The molecular formula is C25H28N4O10S. The van der Waals surface area contributed by atoms with E-state index in [0.29, 0.717) is 11.1 Å². The maximum Gasteiger partial charge on any atom is 0.410 e. The number of likely N-dealkylation sites (N-methyl/N-ethyl adjacent to an activating group) is 1. The minimum atomic E-state index is -1.19. The molecule has 15 heteroatoms. The molecule has 0 radical (unpaired) electrons. The van der Waals surface area contributed by atoms with Crippen molar-refractivity contribution in [3.63, 3.8) is 0 Å². The van der Waals surface area contributed by atoms with Crippen molar-refractivity contribution in [3.8, 4) is 0 Å². The number of benzene rings is 2. The average Bonchev–Trinajstić information content (AvgIpc) is 3.34. The molecule has 0 bridgehead atoms. The van der Waals surface area contributed by atoms with Crippen LogP contribution in [0.4, 0.5) is 21.0 Å². The normalized spacial score (nSPS) is 17.1. The number of nitrogens with zero attached hydrogens (tertiary/aromatic N) is 4. The second kappa shape index (κ2) is 13.7. The number of nitro benzene ring substituents is 2. The number of non-ortho nitro benzene ring substituents is 2. The van der Waals surface area contributed by atoms with Gasteiger partial charge in [-0.2, -0.15) is 0 Å². The molecule has 1 heterocycles. The first-order valence-electron chi connectivity index (χ1n) is 12.1. The Balaban J connectivity index is 1.58. The predicted octanol–water partition coefficient (Wildman–Crippen LogP) is 3.49. The zero-order valence-corrected chi connectivity index (χ0v) is 22.5. The summed E-state index contributed by atoms with van der Waals surface area (Å²) in [4.78, 5) is 60.0. The van der Waals surface area contributed by atoms with Crippen LogP contribution >= 0.6 is 11.8 Å². The van der Waals surface area contributed by atoms with Crippen molar-refractivity contribution in [2.45, 2.75) is 44.0 Å². The number of ether oxygens (including phenoxy) is 2. The lowest BCUT2D eigenvalue weighted by Crippen LogP contribution is -2.48. The predicted molar refractivity (Wildman–Crippen MR) is 142 cm³/mol. The van der Waals surface area contributed by atoms with E-state index in [1.165, 1.54) is 67.4 Å². The molecule has 2 amide bonds. The van der Waals surface area contributed by atoms with Crippen molar-refractivity contribution in [2.24, 2.45) is 0 Å². The molecule has 1 saturated heterocycles. The molecule has 0 saturated carbocycles. The monoisotopic (exact) mass is 576 g/mol. The largest absolute Gasteiger partial charge is 0.445 e. The number of amides is 2. The molecule has 214 valence electrons. The van der Waals surface area contributed by atoms with Gasteiger partial charge in [0.05, 0.1) is 28.5 Å². The summed E-state index contributed by atoms with van der Waals surface area (Å²) < 4.78 is 10.6. The van der Waals surface area contributed by atoms with E-state index in [9.17, 15) is 39.7 Å². The smallest absolute Gasteiger partial charge is 0.410 e. The van der Waals surface area contributed by atoms with Crippen LogP contribution in [0.15, 0.2) is 48.5 Å². The molecular weight excluding hydrogens is 548 g/mol. The fourth-order valence-electron chi connectivity index (χ4n) is 4.11. The van der Waals surface area contributed by atoms with Gasteiger partial charge in [0.15, 0.2) is 5.12 Å². The molecule has 0 spiro atoms. The van der Waals surface area contributed by atoms with Crippen LogP contribution in [0.1, 0.15) is 24.5 Å².